The number of benzodiazepines with no additional fused rings is 1. The van der Waals surface area contributed by atoms with Crippen molar-refractivity contribution in [2.75, 3.05) is 17.2 Å². The number of nitrogens with one attached hydrogen (secondary N) is 2. The number of aliphatic imine (C=N–C) groups is 1. The molecule has 0 bridgehead atoms. The largest absolute Gasteiger partial charge is 0.507 e. The minimum absolute atomic E-state index is 0.0683. The third-order valence-electron chi connectivity index (χ3n) is 8.26. The normalized spacial score (nSPS) is 18.6. The summed E-state index contributed by atoms with van der Waals surface area (Å²) in [6.45, 7) is 3.02. The van der Waals surface area contributed by atoms with Gasteiger partial charge in [-0.25, -0.2) is 4.99 Å². The van der Waals surface area contributed by atoms with E-state index in [-0.39, 0.29) is 24.3 Å². The van der Waals surface area contributed by atoms with E-state index in [0.717, 1.165) is 5.56 Å². The number of phenols is 1. The molecule has 3 amide bonds. The lowest BCUT2D eigenvalue weighted by Gasteiger charge is -2.26. The fourth-order valence-corrected chi connectivity index (χ4v) is 5.83. The van der Waals surface area contributed by atoms with Crippen molar-refractivity contribution in [1.29, 1.82) is 0 Å². The third kappa shape index (κ3) is 7.29. The van der Waals surface area contributed by atoms with Gasteiger partial charge >= 0.3 is 5.97 Å². The maximum Gasteiger partial charge on any atom is 0.310 e. The van der Waals surface area contributed by atoms with Crippen LogP contribution in [0, 0.1) is 13.8 Å². The predicted molar refractivity (Wildman–Crippen MR) is 182 cm³/mol. The van der Waals surface area contributed by atoms with Gasteiger partial charge in [0.1, 0.15) is 18.3 Å². The molecule has 2 aliphatic heterocycles. The van der Waals surface area contributed by atoms with E-state index in [9.17, 15) is 24.3 Å². The zero-order chi connectivity index (χ0) is 34.7. The summed E-state index contributed by atoms with van der Waals surface area (Å²) in [7, 11) is 0. The number of hydrogen-bond donors (Lipinski definition) is 4. The smallest absolute Gasteiger partial charge is 0.310 e. The van der Waals surface area contributed by atoms with E-state index in [1.807, 2.05) is 60.7 Å². The molecule has 0 aromatic heterocycles. The Kier molecular flexibility index (Phi) is 9.40. The number of fused-ring (bicyclic) bond motifs is 1. The van der Waals surface area contributed by atoms with Gasteiger partial charge in [-0.05, 0) is 60.9 Å². The molecule has 1 fully saturated rings. The van der Waals surface area contributed by atoms with Crippen LogP contribution in [0.3, 0.4) is 0 Å². The topological polar surface area (TPSA) is 173 Å². The monoisotopic (exact) mass is 661 g/mol. The zero-order valence-electron chi connectivity index (χ0n) is 26.9. The van der Waals surface area contributed by atoms with Crippen LogP contribution in [0.5, 0.6) is 5.75 Å². The molecule has 1 saturated heterocycles. The molecule has 12 nitrogen and oxygen atoms in total. The number of hydrogen-bond acceptors (Lipinski definition) is 9. The fourth-order valence-electron chi connectivity index (χ4n) is 5.83. The van der Waals surface area contributed by atoms with Gasteiger partial charge in [-0.1, -0.05) is 60.7 Å². The number of ether oxygens (including phenoxy) is 2. The molecule has 0 radical (unpaired) electrons. The fraction of sp³-hybridized carbons (Fsp3) is 0.216. The Labute approximate surface area is 282 Å². The number of cyclic esters (lactones) is 1. The molecule has 12 heteroatoms. The first-order chi connectivity index (χ1) is 23.6. The Bertz CT molecular complexity index is 1920. The van der Waals surface area contributed by atoms with Crippen LogP contribution in [-0.4, -0.2) is 59.6 Å². The second-order valence-corrected chi connectivity index (χ2v) is 11.9. The lowest BCUT2D eigenvalue weighted by Crippen LogP contribution is -2.52. The van der Waals surface area contributed by atoms with Crippen molar-refractivity contribution in [2.24, 2.45) is 4.99 Å². The number of nitrogens with two attached hydrogens (primary N) is 1. The number of aromatic hydroxyl groups is 1. The van der Waals surface area contributed by atoms with E-state index < -0.39 is 48.7 Å². The Balaban J connectivity index is 1.30. The van der Waals surface area contributed by atoms with E-state index >= 15 is 0 Å². The number of anilines is 2. The van der Waals surface area contributed by atoms with Gasteiger partial charge in [0.25, 0.3) is 11.8 Å². The van der Waals surface area contributed by atoms with Gasteiger partial charge in [0.15, 0.2) is 0 Å². The standard InChI is InChI=1S/C37H35N5O7/c1-21-15-25(16-22(2)33(21)45)35(46)41-34-36(47)42(29-14-13-26(38)17-27(29)32(40-34)24-11-7-4-8-12-24)19-30(43)39-28-18-31(44)49-37(28)48-20-23-9-5-3-6-10-23/h3-17,28,34,37,45H,18-20,38H2,1-2H3,(H,39,43)(H,41,46)/t28-,34?,37-/m0/s1. The Hall–Kier alpha value is -6.01. The van der Waals surface area contributed by atoms with Crippen LogP contribution in [0.25, 0.3) is 0 Å². The van der Waals surface area contributed by atoms with Crippen LogP contribution in [0.2, 0.25) is 0 Å². The molecule has 0 aliphatic carbocycles. The maximum absolute atomic E-state index is 14.3. The SMILES string of the molecule is Cc1cc(C(=O)NC2N=C(c3ccccc3)c3cc(N)ccc3N(CC(=O)N[C@H]3CC(=O)O[C@@H]3OCc3ccccc3)C2=O)cc(C)c1O. The molecule has 49 heavy (non-hydrogen) atoms. The van der Waals surface area contributed by atoms with Crippen LogP contribution < -0.4 is 21.3 Å². The average molecular weight is 662 g/mol. The third-order valence-corrected chi connectivity index (χ3v) is 8.26. The van der Waals surface area contributed by atoms with Crippen molar-refractivity contribution in [3.05, 3.63) is 124 Å². The maximum atomic E-state index is 14.3. The number of benzene rings is 4. The molecule has 250 valence electrons. The van der Waals surface area contributed by atoms with E-state index in [1.54, 1.807) is 32.0 Å². The van der Waals surface area contributed by atoms with E-state index in [4.69, 9.17) is 20.2 Å². The van der Waals surface area contributed by atoms with Crippen molar-refractivity contribution in [3.63, 3.8) is 0 Å². The number of esters is 1. The number of carbonyl (C=O) groups excluding carboxylic acids is 4. The van der Waals surface area contributed by atoms with Crippen molar-refractivity contribution in [3.8, 4) is 5.75 Å². The number of phenolic OH excluding ortho intramolecular Hbond substituents is 1. The van der Waals surface area contributed by atoms with Gasteiger partial charge in [-0.2, -0.15) is 0 Å². The van der Waals surface area contributed by atoms with Crippen LogP contribution >= 0.6 is 0 Å². The van der Waals surface area contributed by atoms with Gasteiger partial charge < -0.3 is 30.9 Å². The molecular weight excluding hydrogens is 626 g/mol. The molecular formula is C37H35N5O7. The molecule has 0 spiro atoms. The Morgan fingerprint density at radius 2 is 1.63 bits per heavy atom. The average Bonchev–Trinajstić information content (AvgIpc) is 3.40. The summed E-state index contributed by atoms with van der Waals surface area (Å²) < 4.78 is 11.2. The quantitative estimate of drug-likeness (QED) is 0.156. The van der Waals surface area contributed by atoms with Gasteiger partial charge in [0, 0.05) is 22.4 Å². The van der Waals surface area contributed by atoms with Crippen LogP contribution in [0.4, 0.5) is 11.4 Å². The number of carbonyl (C=O) groups is 4. The molecule has 3 atom stereocenters. The molecule has 4 aromatic carbocycles. The number of rotatable bonds is 9. The molecule has 5 N–H and O–H groups in total. The Morgan fingerprint density at radius 3 is 2.33 bits per heavy atom. The van der Waals surface area contributed by atoms with Gasteiger partial charge in [-0.3, -0.25) is 24.1 Å². The number of nitrogen functional groups attached to an aromatic ring is 1. The summed E-state index contributed by atoms with van der Waals surface area (Å²) in [5, 5.41) is 15.7. The molecule has 2 heterocycles. The van der Waals surface area contributed by atoms with Crippen LogP contribution in [0.15, 0.2) is 96.0 Å². The second-order valence-electron chi connectivity index (χ2n) is 11.9. The summed E-state index contributed by atoms with van der Waals surface area (Å²) >= 11 is 0. The zero-order valence-corrected chi connectivity index (χ0v) is 26.9. The van der Waals surface area contributed by atoms with Gasteiger partial charge in [0.2, 0.25) is 18.4 Å². The number of amides is 3. The van der Waals surface area contributed by atoms with Gasteiger partial charge in [0.05, 0.1) is 24.4 Å². The lowest BCUT2D eigenvalue weighted by molar-refractivity contribution is -0.168. The second kappa shape index (κ2) is 14.0. The number of aryl methyl sites for hydroxylation is 2. The lowest BCUT2D eigenvalue weighted by atomic mass is 9.99. The Morgan fingerprint density at radius 1 is 0.959 bits per heavy atom. The summed E-state index contributed by atoms with van der Waals surface area (Å²) in [5.74, 6) is -2.33. The first-order valence-corrected chi connectivity index (χ1v) is 15.7. The van der Waals surface area contributed by atoms with Crippen molar-refractivity contribution < 1.29 is 33.8 Å². The summed E-state index contributed by atoms with van der Waals surface area (Å²) in [5.41, 5.74) is 10.5. The first kappa shape index (κ1) is 32.9. The van der Waals surface area contributed by atoms with Gasteiger partial charge in [-0.15, -0.1) is 0 Å². The minimum Gasteiger partial charge on any atom is -0.507 e. The highest BCUT2D eigenvalue weighted by Gasteiger charge is 2.39. The van der Waals surface area contributed by atoms with Crippen LogP contribution in [-0.2, 0) is 30.5 Å². The predicted octanol–water partition coefficient (Wildman–Crippen LogP) is 3.51. The van der Waals surface area contributed by atoms with Crippen molar-refractivity contribution in [1.82, 2.24) is 10.6 Å². The molecule has 2 aliphatic rings. The van der Waals surface area contributed by atoms with Crippen molar-refractivity contribution in [2.45, 2.75) is 45.4 Å². The molecule has 4 aromatic rings. The first-order valence-electron chi connectivity index (χ1n) is 15.7. The van der Waals surface area contributed by atoms with Crippen molar-refractivity contribution >= 4 is 40.8 Å². The summed E-state index contributed by atoms with van der Waals surface area (Å²) in [6.07, 6.45) is -2.59. The highest BCUT2D eigenvalue weighted by molar-refractivity contribution is 6.21. The molecule has 0 saturated carbocycles. The molecule has 6 rings (SSSR count). The van der Waals surface area contributed by atoms with E-state index in [2.05, 4.69) is 10.6 Å². The minimum atomic E-state index is -1.45. The van der Waals surface area contributed by atoms with E-state index in [1.165, 1.54) is 17.0 Å². The highest BCUT2D eigenvalue weighted by Crippen LogP contribution is 2.31. The van der Waals surface area contributed by atoms with E-state index in [0.29, 0.717) is 39.3 Å². The summed E-state index contributed by atoms with van der Waals surface area (Å²) in [6, 6.07) is 25.6. The molecule has 1 unspecified atom stereocenters. The number of nitrogens with zero attached hydrogens (tertiary/aromatic N) is 2. The summed E-state index contributed by atoms with van der Waals surface area (Å²) in [4.78, 5) is 59.7. The van der Waals surface area contributed by atoms with Crippen LogP contribution in [0.1, 0.15) is 44.6 Å². The highest BCUT2D eigenvalue weighted by atomic mass is 16.7.